The zero-order valence-electron chi connectivity index (χ0n) is 22.1. The van der Waals surface area contributed by atoms with Crippen LogP contribution in [-0.2, 0) is 32.2 Å². The molecule has 1 aliphatic carbocycles. The second kappa shape index (κ2) is 12.1. The minimum absolute atomic E-state index is 0.145. The Morgan fingerprint density at radius 3 is 1.73 bits per heavy atom. The predicted octanol–water partition coefficient (Wildman–Crippen LogP) is 4.83. The zero-order chi connectivity index (χ0) is 29.6. The Bertz CT molecular complexity index is 1140. The van der Waals surface area contributed by atoms with E-state index in [-0.39, 0.29) is 13.2 Å². The first kappa shape index (κ1) is 31.9. The maximum atomic E-state index is 10.2. The van der Waals surface area contributed by atoms with Crippen LogP contribution in [0.4, 0.5) is 30.9 Å². The van der Waals surface area contributed by atoms with Gasteiger partial charge in [-0.05, 0) is 34.9 Å². The van der Waals surface area contributed by atoms with Crippen LogP contribution in [-0.4, -0.2) is 87.3 Å². The van der Waals surface area contributed by atoms with Crippen molar-refractivity contribution in [2.75, 3.05) is 71.7 Å². The molecule has 0 spiro atoms. The third-order valence-electron chi connectivity index (χ3n) is 6.25. The van der Waals surface area contributed by atoms with Gasteiger partial charge in [0.1, 0.15) is 24.7 Å². The summed E-state index contributed by atoms with van der Waals surface area (Å²) in [6.07, 6.45) is 5.93. The number of hydrogen-bond acceptors (Lipinski definition) is 7. The van der Waals surface area contributed by atoms with Crippen LogP contribution in [0.3, 0.4) is 0 Å². The number of halogens is 6. The van der Waals surface area contributed by atoms with Crippen molar-refractivity contribution >= 4 is 25.3 Å². The Morgan fingerprint density at radius 1 is 0.850 bits per heavy atom. The molecule has 0 radical (unpaired) electrons. The van der Waals surface area contributed by atoms with E-state index in [4.69, 9.17) is 18.9 Å². The molecule has 1 aromatic rings. The van der Waals surface area contributed by atoms with Crippen LogP contribution in [0, 0.1) is 0 Å². The standard InChI is InChI=1S/C25H33N2O6.F6P/c1-30-24-13-21(27-5-9-33-10-6-27)14-25(31-2)23(24)15-22-18(16-28)11-20(12-19(22)17-29)26-3-7-32-8-4-26;1-7(2,3,4,5)6/h11-15,28-29H,3-10,16-17H2,1-2H3;/q+1;-1. The zero-order valence-corrected chi connectivity index (χ0v) is 23.0. The molecule has 2 fully saturated rings. The van der Waals surface area contributed by atoms with Crippen molar-refractivity contribution in [3.05, 3.63) is 58.1 Å². The Balaban J connectivity index is 0.000000559. The predicted molar refractivity (Wildman–Crippen MR) is 139 cm³/mol. The van der Waals surface area contributed by atoms with E-state index in [1.807, 2.05) is 30.4 Å². The Kier molecular flexibility index (Phi) is 9.62. The third kappa shape index (κ3) is 9.77. The molecule has 0 unspecified atom stereocenters. The molecule has 40 heavy (non-hydrogen) atoms. The van der Waals surface area contributed by atoms with Gasteiger partial charge in [0.25, 0.3) is 0 Å². The molecule has 226 valence electrons. The Morgan fingerprint density at radius 2 is 1.30 bits per heavy atom. The number of nitrogens with zero attached hydrogens (tertiary/aromatic N) is 2. The van der Waals surface area contributed by atoms with Gasteiger partial charge < -0.3 is 34.1 Å². The monoisotopic (exact) mass is 602 g/mol. The van der Waals surface area contributed by atoms with Crippen molar-refractivity contribution < 1.29 is 58.9 Å². The first-order valence-corrected chi connectivity index (χ1v) is 14.4. The fourth-order valence-corrected chi connectivity index (χ4v) is 4.43. The van der Waals surface area contributed by atoms with Crippen LogP contribution >= 0.6 is 7.81 Å². The molecule has 0 aromatic heterocycles. The van der Waals surface area contributed by atoms with E-state index >= 15 is 0 Å². The molecule has 3 aliphatic rings. The number of methoxy groups -OCH3 is 2. The Hall–Kier alpha value is -2.64. The minimum atomic E-state index is -10.7. The summed E-state index contributed by atoms with van der Waals surface area (Å²) in [7, 11) is -7.39. The number of anilines is 1. The van der Waals surface area contributed by atoms with Gasteiger partial charge in [0.2, 0.25) is 5.71 Å². The summed E-state index contributed by atoms with van der Waals surface area (Å²) in [6.45, 7) is 5.60. The quantitative estimate of drug-likeness (QED) is 0.274. The van der Waals surface area contributed by atoms with Gasteiger partial charge in [-0.1, -0.05) is 0 Å². The summed E-state index contributed by atoms with van der Waals surface area (Å²) in [6, 6.07) is 3.97. The number of ether oxygens (including phenoxy) is 4. The normalized spacial score (nSPS) is 19.9. The SMILES string of the molecule is COC1=CC(=[N+]2CCOCC2)C=C(OC)C1=Cc1c(CO)cc(N2CCOCC2)cc1CO.F[P-](F)(F)(F)(F)F. The second-order valence-electron chi connectivity index (χ2n) is 9.06. The summed E-state index contributed by atoms with van der Waals surface area (Å²) in [5, 5.41) is 20.4. The van der Waals surface area contributed by atoms with E-state index in [0.29, 0.717) is 37.9 Å². The van der Waals surface area contributed by atoms with Crippen LogP contribution < -0.4 is 4.90 Å². The van der Waals surface area contributed by atoms with E-state index in [2.05, 4.69) is 9.48 Å². The van der Waals surface area contributed by atoms with Gasteiger partial charge in [-0.15, -0.1) is 0 Å². The maximum absolute atomic E-state index is 10.7. The number of aliphatic hydroxyl groups excluding tert-OH is 2. The summed E-state index contributed by atoms with van der Waals surface area (Å²) < 4.78 is 83.9. The number of rotatable bonds is 6. The first-order valence-electron chi connectivity index (χ1n) is 12.3. The average Bonchev–Trinajstić information content (AvgIpc) is 2.92. The van der Waals surface area contributed by atoms with Gasteiger partial charge in [-0.2, -0.15) is 0 Å². The molecular weight excluding hydrogens is 569 g/mol. The molecule has 2 saturated heterocycles. The van der Waals surface area contributed by atoms with Crippen molar-refractivity contribution in [1.29, 1.82) is 0 Å². The van der Waals surface area contributed by atoms with Gasteiger partial charge in [-0.25, -0.2) is 4.58 Å². The van der Waals surface area contributed by atoms with Gasteiger partial charge in [0.05, 0.1) is 58.4 Å². The molecule has 2 N–H and O–H groups in total. The van der Waals surface area contributed by atoms with E-state index in [9.17, 15) is 35.4 Å². The summed E-state index contributed by atoms with van der Waals surface area (Å²) >= 11 is 0. The van der Waals surface area contributed by atoms with E-state index in [0.717, 1.165) is 59.8 Å². The van der Waals surface area contributed by atoms with Crippen LogP contribution in [0.25, 0.3) is 6.08 Å². The molecule has 8 nitrogen and oxygen atoms in total. The van der Waals surface area contributed by atoms with Crippen molar-refractivity contribution in [2.45, 2.75) is 13.2 Å². The Labute approximate surface area is 227 Å². The van der Waals surface area contributed by atoms with E-state index < -0.39 is 7.81 Å². The van der Waals surface area contributed by atoms with Gasteiger partial charge >= 0.3 is 33.0 Å². The van der Waals surface area contributed by atoms with Gasteiger partial charge in [0.15, 0.2) is 13.1 Å². The molecule has 4 rings (SSSR count). The van der Waals surface area contributed by atoms with Crippen LogP contribution in [0.2, 0.25) is 0 Å². The number of morpholine rings is 2. The van der Waals surface area contributed by atoms with E-state index in [1.54, 1.807) is 14.2 Å². The van der Waals surface area contributed by atoms with Crippen molar-refractivity contribution in [2.24, 2.45) is 0 Å². The molecule has 0 atom stereocenters. The van der Waals surface area contributed by atoms with E-state index in [1.165, 1.54) is 0 Å². The van der Waals surface area contributed by atoms with Crippen LogP contribution in [0.5, 0.6) is 0 Å². The fraction of sp³-hybridized carbons (Fsp3) is 0.480. The summed E-state index contributed by atoms with van der Waals surface area (Å²) in [5.74, 6) is 1.33. The topological polar surface area (TPSA) is 83.6 Å². The first-order chi connectivity index (χ1) is 18.6. The molecule has 0 amide bonds. The number of benzene rings is 1. The van der Waals surface area contributed by atoms with Crippen molar-refractivity contribution in [3.8, 4) is 0 Å². The molecule has 2 aliphatic heterocycles. The molecule has 0 bridgehead atoms. The van der Waals surface area contributed by atoms with Crippen LogP contribution in [0.1, 0.15) is 16.7 Å². The number of hydrogen-bond donors (Lipinski definition) is 2. The summed E-state index contributed by atoms with van der Waals surface area (Å²) in [5.41, 5.74) is 5.00. The van der Waals surface area contributed by atoms with Crippen molar-refractivity contribution in [3.63, 3.8) is 0 Å². The number of allylic oxidation sites excluding steroid dienone is 2. The second-order valence-corrected chi connectivity index (χ2v) is 11.0. The average molecular weight is 603 g/mol. The molecule has 0 saturated carbocycles. The van der Waals surface area contributed by atoms with Crippen molar-refractivity contribution in [1.82, 2.24) is 0 Å². The fourth-order valence-electron chi connectivity index (χ4n) is 4.43. The van der Waals surface area contributed by atoms with Gasteiger partial charge in [-0.3, -0.25) is 0 Å². The molecule has 1 aromatic carbocycles. The molecule has 15 heteroatoms. The molecular formula is C25H33F6N2O6P. The van der Waals surface area contributed by atoms with Gasteiger partial charge in [0, 0.05) is 18.8 Å². The third-order valence-corrected chi connectivity index (χ3v) is 6.25. The van der Waals surface area contributed by atoms with Crippen LogP contribution in [0.15, 0.2) is 41.4 Å². The number of aliphatic hydroxyl groups is 2. The summed E-state index contributed by atoms with van der Waals surface area (Å²) in [4.78, 5) is 2.21. The molecule has 2 heterocycles.